The zero-order valence-corrected chi connectivity index (χ0v) is 16.9. The van der Waals surface area contributed by atoms with E-state index in [-0.39, 0.29) is 17.7 Å². The summed E-state index contributed by atoms with van der Waals surface area (Å²) in [5.41, 5.74) is 13.0. The van der Waals surface area contributed by atoms with Crippen molar-refractivity contribution in [2.75, 3.05) is 12.8 Å². The third-order valence-corrected chi connectivity index (χ3v) is 6.49. The quantitative estimate of drug-likeness (QED) is 0.399. The first kappa shape index (κ1) is 19.0. The molecule has 30 heavy (non-hydrogen) atoms. The highest BCUT2D eigenvalue weighted by Crippen LogP contribution is 2.44. The SMILES string of the molecule is COCc1c(C(O)C=O)cc2n(c1=O)Cc1c-2nc2ccc(N)c3c2c1CCC3C. The van der Waals surface area contributed by atoms with Gasteiger partial charge in [0, 0.05) is 34.9 Å². The van der Waals surface area contributed by atoms with Crippen LogP contribution < -0.4 is 11.3 Å². The second kappa shape index (κ2) is 6.75. The molecule has 7 heteroatoms. The molecule has 2 unspecified atom stereocenters. The summed E-state index contributed by atoms with van der Waals surface area (Å²) >= 11 is 0. The summed E-state index contributed by atoms with van der Waals surface area (Å²) in [7, 11) is 1.48. The van der Waals surface area contributed by atoms with Crippen molar-refractivity contribution in [1.82, 2.24) is 9.55 Å². The van der Waals surface area contributed by atoms with Gasteiger partial charge in [-0.25, -0.2) is 4.98 Å². The third-order valence-electron chi connectivity index (χ3n) is 6.49. The third kappa shape index (κ3) is 2.49. The van der Waals surface area contributed by atoms with Crippen LogP contribution in [0.4, 0.5) is 5.69 Å². The second-order valence-corrected chi connectivity index (χ2v) is 8.19. The van der Waals surface area contributed by atoms with E-state index in [1.54, 1.807) is 10.6 Å². The number of benzene rings is 1. The van der Waals surface area contributed by atoms with Gasteiger partial charge in [-0.2, -0.15) is 0 Å². The zero-order chi connectivity index (χ0) is 21.2. The van der Waals surface area contributed by atoms with Gasteiger partial charge in [-0.05, 0) is 48.1 Å². The average Bonchev–Trinajstić information content (AvgIpc) is 3.11. The van der Waals surface area contributed by atoms with Crippen LogP contribution in [0, 0.1) is 0 Å². The molecule has 0 spiro atoms. The minimum atomic E-state index is -1.39. The van der Waals surface area contributed by atoms with Gasteiger partial charge in [0.25, 0.3) is 5.56 Å². The van der Waals surface area contributed by atoms with E-state index in [1.807, 2.05) is 12.1 Å². The lowest BCUT2D eigenvalue weighted by molar-refractivity contribution is -0.115. The number of rotatable bonds is 4. The van der Waals surface area contributed by atoms with Gasteiger partial charge in [-0.1, -0.05) is 6.92 Å². The Morgan fingerprint density at radius 1 is 1.40 bits per heavy atom. The minimum Gasteiger partial charge on any atom is -0.398 e. The first-order chi connectivity index (χ1) is 14.5. The van der Waals surface area contributed by atoms with Gasteiger partial charge in [-0.15, -0.1) is 0 Å². The van der Waals surface area contributed by atoms with Gasteiger partial charge < -0.3 is 24.9 Å². The van der Waals surface area contributed by atoms with Gasteiger partial charge in [0.15, 0.2) is 6.29 Å². The molecule has 1 aliphatic heterocycles. The lowest BCUT2D eigenvalue weighted by atomic mass is 9.80. The number of nitrogens with zero attached hydrogens (tertiary/aromatic N) is 2. The number of aromatic nitrogens is 2. The Labute approximate surface area is 173 Å². The molecule has 0 fully saturated rings. The number of anilines is 1. The summed E-state index contributed by atoms with van der Waals surface area (Å²) in [6.45, 7) is 2.62. The van der Waals surface area contributed by atoms with E-state index in [4.69, 9.17) is 15.5 Å². The molecule has 0 amide bonds. The number of aryl methyl sites for hydroxylation is 1. The first-order valence-corrected chi connectivity index (χ1v) is 10.1. The molecular formula is C23H23N3O4. The zero-order valence-electron chi connectivity index (χ0n) is 16.9. The predicted octanol–water partition coefficient (Wildman–Crippen LogP) is 2.44. The molecule has 5 rings (SSSR count). The van der Waals surface area contributed by atoms with Crippen LogP contribution in [-0.2, 0) is 29.1 Å². The minimum absolute atomic E-state index is 0.0240. The van der Waals surface area contributed by atoms with Gasteiger partial charge in [0.2, 0.25) is 0 Å². The highest BCUT2D eigenvalue weighted by molar-refractivity contribution is 5.94. The van der Waals surface area contributed by atoms with Crippen molar-refractivity contribution in [3.63, 3.8) is 0 Å². The number of ether oxygens (including phenoxy) is 1. The van der Waals surface area contributed by atoms with Crippen LogP contribution in [0.1, 0.15) is 53.2 Å². The van der Waals surface area contributed by atoms with Gasteiger partial charge in [-0.3, -0.25) is 4.79 Å². The molecule has 1 aliphatic carbocycles. The number of nitrogen functional groups attached to an aromatic ring is 1. The largest absolute Gasteiger partial charge is 0.398 e. The van der Waals surface area contributed by atoms with Crippen molar-refractivity contribution in [3.8, 4) is 11.4 Å². The van der Waals surface area contributed by atoms with Crippen molar-refractivity contribution in [1.29, 1.82) is 0 Å². The van der Waals surface area contributed by atoms with Gasteiger partial charge in [0.05, 0.1) is 30.1 Å². The molecule has 3 aromatic rings. The maximum absolute atomic E-state index is 13.2. The van der Waals surface area contributed by atoms with E-state index in [0.29, 0.717) is 30.0 Å². The van der Waals surface area contributed by atoms with Crippen molar-refractivity contribution >= 4 is 22.9 Å². The Morgan fingerprint density at radius 2 is 2.20 bits per heavy atom. The summed E-state index contributed by atoms with van der Waals surface area (Å²) in [6.07, 6.45) is 0.928. The van der Waals surface area contributed by atoms with Crippen LogP contribution in [0.25, 0.3) is 22.3 Å². The monoisotopic (exact) mass is 405 g/mol. The normalized spacial score (nSPS) is 17.6. The standard InChI is InChI=1S/C23H23N3O4/c1-11-3-4-12-14-8-26-18(7-13(19(28)9-27)15(10-30-2)23(26)29)22(14)25-17-6-5-16(24)20(11)21(12)17/h5-7,9,11,19,28H,3-4,8,10,24H2,1-2H3. The number of aliphatic hydroxyl groups is 1. The van der Waals surface area contributed by atoms with Crippen molar-refractivity contribution in [2.45, 2.75) is 44.9 Å². The average molecular weight is 405 g/mol. The van der Waals surface area contributed by atoms with Gasteiger partial charge >= 0.3 is 0 Å². The summed E-state index contributed by atoms with van der Waals surface area (Å²) in [4.78, 5) is 29.4. The fourth-order valence-corrected chi connectivity index (χ4v) is 5.06. The number of carbonyl (C=O) groups is 1. The number of carbonyl (C=O) groups excluding carboxylic acids is 1. The Bertz CT molecular complexity index is 1280. The predicted molar refractivity (Wildman–Crippen MR) is 113 cm³/mol. The second-order valence-electron chi connectivity index (χ2n) is 8.19. The summed E-state index contributed by atoms with van der Waals surface area (Å²) in [5, 5.41) is 11.3. The molecule has 1 aromatic carbocycles. The Kier molecular flexibility index (Phi) is 4.27. The fraction of sp³-hybridized carbons (Fsp3) is 0.348. The number of hydrogen-bond donors (Lipinski definition) is 2. The van der Waals surface area contributed by atoms with Crippen LogP contribution in [0.2, 0.25) is 0 Å². The van der Waals surface area contributed by atoms with Crippen molar-refractivity contribution in [3.05, 3.63) is 56.4 Å². The fourth-order valence-electron chi connectivity index (χ4n) is 5.06. The van der Waals surface area contributed by atoms with E-state index in [1.165, 1.54) is 12.7 Å². The number of aliphatic hydroxyl groups excluding tert-OH is 1. The maximum Gasteiger partial charge on any atom is 0.257 e. The van der Waals surface area contributed by atoms with Crippen molar-refractivity contribution < 1.29 is 14.6 Å². The molecule has 0 saturated heterocycles. The maximum atomic E-state index is 13.2. The van der Waals surface area contributed by atoms with Crippen molar-refractivity contribution in [2.24, 2.45) is 0 Å². The molecule has 7 nitrogen and oxygen atoms in total. The summed E-state index contributed by atoms with van der Waals surface area (Å²) in [5.74, 6) is 0.357. The lowest BCUT2D eigenvalue weighted by Gasteiger charge is -2.26. The highest BCUT2D eigenvalue weighted by atomic mass is 16.5. The lowest BCUT2D eigenvalue weighted by Crippen LogP contribution is -2.26. The highest BCUT2D eigenvalue weighted by Gasteiger charge is 2.32. The number of hydrogen-bond acceptors (Lipinski definition) is 6. The summed E-state index contributed by atoms with van der Waals surface area (Å²) < 4.78 is 6.84. The number of nitrogens with two attached hydrogens (primary N) is 1. The van der Waals surface area contributed by atoms with Crippen LogP contribution in [-0.4, -0.2) is 28.1 Å². The molecule has 2 aromatic heterocycles. The van der Waals surface area contributed by atoms with E-state index in [0.717, 1.165) is 46.3 Å². The molecule has 154 valence electrons. The van der Waals surface area contributed by atoms with Crippen LogP contribution >= 0.6 is 0 Å². The van der Waals surface area contributed by atoms with E-state index in [2.05, 4.69) is 6.92 Å². The smallest absolute Gasteiger partial charge is 0.257 e. The Morgan fingerprint density at radius 3 is 2.93 bits per heavy atom. The number of pyridine rings is 2. The van der Waals surface area contributed by atoms with Crippen LogP contribution in [0.3, 0.4) is 0 Å². The number of aldehydes is 1. The molecule has 0 radical (unpaired) electrons. The Balaban J connectivity index is 1.82. The number of fused-ring (bicyclic) bond motifs is 4. The van der Waals surface area contributed by atoms with E-state index >= 15 is 0 Å². The topological polar surface area (TPSA) is 107 Å². The molecule has 0 bridgehead atoms. The number of methoxy groups -OCH3 is 1. The van der Waals surface area contributed by atoms with E-state index in [9.17, 15) is 14.7 Å². The van der Waals surface area contributed by atoms with E-state index < -0.39 is 6.10 Å². The summed E-state index contributed by atoms with van der Waals surface area (Å²) in [6, 6.07) is 5.53. The molecule has 2 aliphatic rings. The van der Waals surface area contributed by atoms with Gasteiger partial charge in [0.1, 0.15) is 6.10 Å². The molecule has 3 N–H and O–H groups in total. The molecule has 2 atom stereocenters. The molecule has 0 saturated carbocycles. The first-order valence-electron chi connectivity index (χ1n) is 10.1. The van der Waals surface area contributed by atoms with Crippen LogP contribution in [0.15, 0.2) is 23.0 Å². The Hall–Kier alpha value is -3.03. The van der Waals surface area contributed by atoms with Crippen LogP contribution in [0.5, 0.6) is 0 Å². The molecular weight excluding hydrogens is 382 g/mol. The molecule has 3 heterocycles.